The molecule has 0 aliphatic carbocycles. The van der Waals surface area contributed by atoms with Gasteiger partial charge in [0.25, 0.3) is 0 Å². The van der Waals surface area contributed by atoms with Gasteiger partial charge in [-0.05, 0) is 12.1 Å². The SMILES string of the molecule is O=S(=O)(Oc1ccccc1)C(F)(F)C(F)(F)C(F)(F)C(F)(F)C(F)(F)C(F)(F)C(F)(F)C(F)(F)C(F)(F)C(F)(F)C(F)(F)C(F)(F)F.[H-].[Na+]. The van der Waals surface area contributed by atoms with E-state index < -0.39 is 86.5 Å². The smallest absolute Gasteiger partial charge is 1.00 e. The quantitative estimate of drug-likeness (QED) is 0.140. The van der Waals surface area contributed by atoms with E-state index >= 15 is 0 Å². The zero-order chi connectivity index (χ0) is 38.3. The summed E-state index contributed by atoms with van der Waals surface area (Å²) >= 11 is 0. The molecule has 0 aliphatic heterocycles. The van der Waals surface area contributed by atoms with Crippen LogP contribution in [0.1, 0.15) is 1.43 Å². The molecule has 0 heterocycles. The van der Waals surface area contributed by atoms with Crippen molar-refractivity contribution in [2.45, 2.75) is 70.7 Å². The van der Waals surface area contributed by atoms with Gasteiger partial charge in [-0.2, -0.15) is 118 Å². The van der Waals surface area contributed by atoms with Crippen LogP contribution < -0.4 is 33.7 Å². The first-order valence-corrected chi connectivity index (χ1v) is 11.7. The van der Waals surface area contributed by atoms with E-state index in [1.165, 1.54) is 0 Å². The van der Waals surface area contributed by atoms with Crippen LogP contribution >= 0.6 is 0 Å². The molecule has 0 N–H and O–H groups in total. The molecule has 0 aliphatic rings. The zero-order valence-electron chi connectivity index (χ0n) is 22.5. The molecule has 1 aromatic carbocycles. The van der Waals surface area contributed by atoms with Crippen molar-refractivity contribution in [3.8, 4) is 5.75 Å². The number of alkyl halides is 25. The Morgan fingerprint density at radius 3 is 0.875 bits per heavy atom. The van der Waals surface area contributed by atoms with E-state index in [-0.39, 0.29) is 43.1 Å². The van der Waals surface area contributed by atoms with Crippen LogP contribution in [0.3, 0.4) is 0 Å². The second-order valence-corrected chi connectivity index (χ2v) is 10.2. The first-order valence-electron chi connectivity index (χ1n) is 10.3. The van der Waals surface area contributed by atoms with Gasteiger partial charge in [-0.15, -0.1) is 0 Å². The van der Waals surface area contributed by atoms with Crippen molar-refractivity contribution in [3.05, 3.63) is 30.3 Å². The van der Waals surface area contributed by atoms with Gasteiger partial charge in [0, 0.05) is 0 Å². The van der Waals surface area contributed by atoms with Crippen molar-refractivity contribution in [3.63, 3.8) is 0 Å². The summed E-state index contributed by atoms with van der Waals surface area (Å²) in [6, 6.07) is 2.43. The zero-order valence-corrected chi connectivity index (χ0v) is 24.3. The molecule has 3 nitrogen and oxygen atoms in total. The molecule has 0 saturated heterocycles. The Hall–Kier alpha value is -1.78. The molecule has 0 bridgehead atoms. The van der Waals surface area contributed by atoms with Crippen molar-refractivity contribution in [2.75, 3.05) is 0 Å². The van der Waals surface area contributed by atoms with Crippen LogP contribution in [-0.2, 0) is 10.1 Å². The van der Waals surface area contributed by atoms with Crippen molar-refractivity contribution in [2.24, 2.45) is 0 Å². The Kier molecular flexibility index (Phi) is 11.7. The predicted molar refractivity (Wildman–Crippen MR) is 97.6 cm³/mol. The topological polar surface area (TPSA) is 43.4 Å². The van der Waals surface area contributed by atoms with Crippen LogP contribution in [0.25, 0.3) is 0 Å². The van der Waals surface area contributed by atoms with Crippen molar-refractivity contribution in [1.29, 1.82) is 0 Å². The van der Waals surface area contributed by atoms with E-state index in [1.54, 1.807) is 0 Å². The normalized spacial score (nSPS) is 16.0. The fourth-order valence-electron chi connectivity index (χ4n) is 2.75. The Morgan fingerprint density at radius 1 is 0.396 bits per heavy atom. The molecule has 48 heavy (non-hydrogen) atoms. The van der Waals surface area contributed by atoms with E-state index in [2.05, 4.69) is 4.18 Å². The van der Waals surface area contributed by atoms with E-state index in [0.29, 0.717) is 12.1 Å². The number of hydrogen-bond donors (Lipinski definition) is 0. The summed E-state index contributed by atoms with van der Waals surface area (Å²) in [5.74, 6) is -95.5. The second-order valence-electron chi connectivity index (χ2n) is 8.61. The minimum Gasteiger partial charge on any atom is -1.00 e. The maximum atomic E-state index is 14.0. The van der Waals surface area contributed by atoms with Crippen LogP contribution in [0.4, 0.5) is 110 Å². The van der Waals surface area contributed by atoms with Gasteiger partial charge in [-0.3, -0.25) is 0 Å². The maximum Gasteiger partial charge on any atom is 1.00 e. The number of rotatable bonds is 13. The Morgan fingerprint density at radius 2 is 0.625 bits per heavy atom. The largest absolute Gasteiger partial charge is 1.00 e. The van der Waals surface area contributed by atoms with Gasteiger partial charge in [0.15, 0.2) is 0 Å². The van der Waals surface area contributed by atoms with E-state index in [1.807, 2.05) is 0 Å². The minimum absolute atomic E-state index is 0. The molecule has 0 amide bonds. The molecule has 0 saturated carbocycles. The monoisotopic (exact) mass is 800 g/mol. The molecule has 1 aromatic rings. The van der Waals surface area contributed by atoms with Gasteiger partial charge in [-0.1, -0.05) is 18.2 Å². The van der Waals surface area contributed by atoms with Gasteiger partial charge < -0.3 is 5.61 Å². The molecule has 278 valence electrons. The molecule has 0 radical (unpaired) electrons. The van der Waals surface area contributed by atoms with E-state index in [9.17, 15) is 118 Å². The number of hydrogen-bond acceptors (Lipinski definition) is 3. The van der Waals surface area contributed by atoms with E-state index in [4.69, 9.17) is 0 Å². The van der Waals surface area contributed by atoms with Gasteiger partial charge in [0.05, 0.1) is 0 Å². The molecule has 0 spiro atoms. The number of halogens is 25. The molecule has 0 atom stereocenters. The molecule has 30 heteroatoms. The summed E-state index contributed by atoms with van der Waals surface area (Å²) in [6.07, 6.45) is -8.23. The third-order valence-corrected chi connectivity index (χ3v) is 6.83. The minimum atomic E-state index is -9.76. The van der Waals surface area contributed by atoms with Gasteiger partial charge in [-0.25, -0.2) is 0 Å². The van der Waals surface area contributed by atoms with E-state index in [0.717, 1.165) is 6.07 Å². The first-order chi connectivity index (χ1) is 20.1. The molecule has 1 rings (SSSR count). The summed E-state index contributed by atoms with van der Waals surface area (Å²) in [5, 5.41) is -8.08. The van der Waals surface area contributed by atoms with Crippen LogP contribution in [0, 0.1) is 0 Å². The molecular formula is C18H6F25NaO3S. The Bertz CT molecular complexity index is 1410. The summed E-state index contributed by atoms with van der Waals surface area (Å²) in [6.45, 7) is 0. The standard InChI is InChI=1S/C18H5F25O3S.Na.H/c19-7(20,9(23,24)11(27,28)13(31,32)15(35,36)17(39,40)41)8(21,22)10(25,26)12(29,30)14(33,34)16(37,38)18(42,43)47(44,45)46-6-4-2-1-3-5-6;;/h1-5H;;/q;+1;-1. The summed E-state index contributed by atoms with van der Waals surface area (Å²) in [4.78, 5) is 0. The fraction of sp³-hybridized carbons (Fsp3) is 0.667. The summed E-state index contributed by atoms with van der Waals surface area (Å²) < 4.78 is 362. The van der Waals surface area contributed by atoms with Crippen molar-refractivity contribution < 1.29 is 153 Å². The molecule has 0 aromatic heterocycles. The van der Waals surface area contributed by atoms with Crippen molar-refractivity contribution >= 4 is 10.1 Å². The van der Waals surface area contributed by atoms with Gasteiger partial charge in [0.1, 0.15) is 5.75 Å². The predicted octanol–water partition coefficient (Wildman–Crippen LogP) is 6.02. The third-order valence-electron chi connectivity index (χ3n) is 5.53. The average molecular weight is 800 g/mol. The summed E-state index contributed by atoms with van der Waals surface area (Å²) in [7, 11) is -7.95. The van der Waals surface area contributed by atoms with Gasteiger partial charge >= 0.3 is 110 Å². The fourth-order valence-corrected chi connectivity index (χ4v) is 3.66. The molecular weight excluding hydrogens is 794 g/mol. The summed E-state index contributed by atoms with van der Waals surface area (Å²) in [5.41, 5.74) is 0. The number of benzene rings is 1. The number of para-hydroxylation sites is 1. The van der Waals surface area contributed by atoms with Crippen LogP contribution in [0.15, 0.2) is 30.3 Å². The first kappa shape index (κ1) is 46.2. The van der Waals surface area contributed by atoms with Crippen LogP contribution in [0.2, 0.25) is 0 Å². The molecule has 0 fully saturated rings. The maximum absolute atomic E-state index is 14.0. The third kappa shape index (κ3) is 5.81. The molecule has 0 unspecified atom stereocenters. The van der Waals surface area contributed by atoms with Gasteiger partial charge in [0.2, 0.25) is 0 Å². The van der Waals surface area contributed by atoms with Crippen LogP contribution in [-0.4, -0.2) is 79.1 Å². The Balaban J connectivity index is 0. The Labute approximate surface area is 270 Å². The van der Waals surface area contributed by atoms with Crippen LogP contribution in [0.5, 0.6) is 5.75 Å². The second kappa shape index (κ2) is 12.2. The average Bonchev–Trinajstić information content (AvgIpc) is 2.86. The van der Waals surface area contributed by atoms with Crippen molar-refractivity contribution in [1.82, 2.24) is 0 Å².